The van der Waals surface area contributed by atoms with E-state index in [-0.39, 0.29) is 5.82 Å². The van der Waals surface area contributed by atoms with Gasteiger partial charge >= 0.3 is 0 Å². The van der Waals surface area contributed by atoms with E-state index in [9.17, 15) is 0 Å². The number of halogens is 1. The first-order valence-corrected chi connectivity index (χ1v) is 11.6. The Morgan fingerprint density at radius 1 is 1.06 bits per heavy atom. The molecule has 3 aromatic heterocycles. The monoisotopic (exact) mass is 508 g/mol. The highest BCUT2D eigenvalue weighted by atomic mass is 35.5. The number of hydrogen-bond donors (Lipinski definition) is 2. The number of nitrogens with one attached hydrogen (secondary N) is 1. The Labute approximate surface area is 210 Å². The van der Waals surface area contributed by atoms with E-state index in [2.05, 4.69) is 25.4 Å². The number of fused-ring (bicyclic) bond motifs is 1. The van der Waals surface area contributed by atoms with Crippen molar-refractivity contribution in [2.24, 2.45) is 7.05 Å². The minimum absolute atomic E-state index is 0.255. The topological polar surface area (TPSA) is 117 Å². The SMILES string of the molecule is COc1cc(Nc2nc3c(N)ncc(-c4ccc(Sc5nccn5C)c(Cl)c4)n3n2)cc(OC)c1. The summed E-state index contributed by atoms with van der Waals surface area (Å²) in [6, 6.07) is 11.2. The number of nitrogens with two attached hydrogens (primary N) is 1. The number of hydrogen-bond acceptors (Lipinski definition) is 9. The summed E-state index contributed by atoms with van der Waals surface area (Å²) in [7, 11) is 5.11. The van der Waals surface area contributed by atoms with Crippen LogP contribution in [0.3, 0.4) is 0 Å². The molecule has 35 heavy (non-hydrogen) atoms. The Morgan fingerprint density at radius 2 is 1.83 bits per heavy atom. The number of anilines is 3. The van der Waals surface area contributed by atoms with E-state index in [0.717, 1.165) is 15.6 Å². The Kier molecular flexibility index (Phi) is 6.10. The molecule has 0 saturated heterocycles. The summed E-state index contributed by atoms with van der Waals surface area (Å²) in [4.78, 5) is 14.1. The summed E-state index contributed by atoms with van der Waals surface area (Å²) < 4.78 is 14.2. The van der Waals surface area contributed by atoms with Gasteiger partial charge in [-0.2, -0.15) is 4.98 Å². The third kappa shape index (κ3) is 4.55. The lowest BCUT2D eigenvalue weighted by Crippen LogP contribution is -2.01. The minimum Gasteiger partial charge on any atom is -0.497 e. The fourth-order valence-corrected chi connectivity index (χ4v) is 4.54. The summed E-state index contributed by atoms with van der Waals surface area (Å²) in [6.07, 6.45) is 5.28. The van der Waals surface area contributed by atoms with E-state index in [1.54, 1.807) is 37.2 Å². The molecule has 3 heterocycles. The lowest BCUT2D eigenvalue weighted by molar-refractivity contribution is 0.395. The van der Waals surface area contributed by atoms with E-state index in [0.29, 0.717) is 39.5 Å². The first-order chi connectivity index (χ1) is 16.9. The molecule has 0 atom stereocenters. The summed E-state index contributed by atoms with van der Waals surface area (Å²) in [5, 5.41) is 9.22. The van der Waals surface area contributed by atoms with Gasteiger partial charge in [-0.05, 0) is 12.1 Å². The molecule has 178 valence electrons. The average molecular weight is 509 g/mol. The maximum Gasteiger partial charge on any atom is 0.247 e. The van der Waals surface area contributed by atoms with Crippen molar-refractivity contribution in [1.82, 2.24) is 29.1 Å². The Hall–Kier alpha value is -3.96. The fourth-order valence-electron chi connectivity index (χ4n) is 3.44. The van der Waals surface area contributed by atoms with Crippen LogP contribution in [0.2, 0.25) is 5.02 Å². The smallest absolute Gasteiger partial charge is 0.247 e. The molecule has 12 heteroatoms. The van der Waals surface area contributed by atoms with Crippen molar-refractivity contribution < 1.29 is 9.47 Å². The van der Waals surface area contributed by atoms with Gasteiger partial charge in [-0.25, -0.2) is 14.5 Å². The molecule has 10 nitrogen and oxygen atoms in total. The van der Waals surface area contributed by atoms with Gasteiger partial charge in [0.05, 0.1) is 31.1 Å². The minimum atomic E-state index is 0.255. The summed E-state index contributed by atoms with van der Waals surface area (Å²) in [5.41, 5.74) is 8.73. The lowest BCUT2D eigenvalue weighted by atomic mass is 10.1. The van der Waals surface area contributed by atoms with Gasteiger partial charge in [-0.1, -0.05) is 29.4 Å². The normalized spacial score (nSPS) is 11.1. The molecule has 0 aliphatic heterocycles. The zero-order valence-electron chi connectivity index (χ0n) is 19.1. The van der Waals surface area contributed by atoms with E-state index >= 15 is 0 Å². The largest absolute Gasteiger partial charge is 0.497 e. The number of rotatable bonds is 7. The summed E-state index contributed by atoms with van der Waals surface area (Å²) >= 11 is 8.10. The molecule has 2 aromatic carbocycles. The van der Waals surface area contributed by atoms with Crippen LogP contribution in [0.1, 0.15) is 0 Å². The second-order valence-corrected chi connectivity index (χ2v) is 8.91. The zero-order chi connectivity index (χ0) is 24.5. The Morgan fingerprint density at radius 3 is 2.49 bits per heavy atom. The zero-order valence-corrected chi connectivity index (χ0v) is 20.6. The van der Waals surface area contributed by atoms with Gasteiger partial charge in [-0.3, -0.25) is 0 Å². The number of methoxy groups -OCH3 is 2. The molecule has 0 bridgehead atoms. The maximum absolute atomic E-state index is 6.62. The summed E-state index contributed by atoms with van der Waals surface area (Å²) in [6.45, 7) is 0. The van der Waals surface area contributed by atoms with Crippen molar-refractivity contribution in [3.05, 3.63) is 60.0 Å². The fraction of sp³-hybridized carbons (Fsp3) is 0.130. The number of imidazole rings is 1. The van der Waals surface area contributed by atoms with Crippen molar-refractivity contribution in [2.45, 2.75) is 10.1 Å². The number of nitrogen functional groups attached to an aromatic ring is 1. The molecule has 0 spiro atoms. The number of aromatic nitrogens is 6. The van der Waals surface area contributed by atoms with E-state index in [4.69, 9.17) is 26.8 Å². The second kappa shape index (κ2) is 9.35. The average Bonchev–Trinajstić information content (AvgIpc) is 3.46. The Bertz CT molecular complexity index is 1510. The predicted molar refractivity (Wildman–Crippen MR) is 136 cm³/mol. The van der Waals surface area contributed by atoms with Gasteiger partial charge in [0, 0.05) is 53.8 Å². The van der Waals surface area contributed by atoms with Crippen LogP contribution in [0, 0.1) is 0 Å². The van der Waals surface area contributed by atoms with Crippen LogP contribution in [0.5, 0.6) is 11.5 Å². The van der Waals surface area contributed by atoms with Crippen molar-refractivity contribution in [3.63, 3.8) is 0 Å². The molecule has 0 radical (unpaired) electrons. The summed E-state index contributed by atoms with van der Waals surface area (Å²) in [5.74, 6) is 1.87. The number of nitrogens with zero attached hydrogens (tertiary/aromatic N) is 6. The van der Waals surface area contributed by atoms with E-state index < -0.39 is 0 Å². The van der Waals surface area contributed by atoms with Crippen molar-refractivity contribution in [3.8, 4) is 22.8 Å². The Balaban J connectivity index is 1.50. The van der Waals surface area contributed by atoms with Crippen LogP contribution in [-0.4, -0.2) is 43.4 Å². The number of aryl methyl sites for hydroxylation is 1. The highest BCUT2D eigenvalue weighted by molar-refractivity contribution is 7.99. The van der Waals surface area contributed by atoms with Gasteiger partial charge in [0.25, 0.3) is 0 Å². The molecule has 3 N–H and O–H groups in total. The molecule has 5 aromatic rings. The molecule has 0 saturated carbocycles. The van der Waals surface area contributed by atoms with Crippen LogP contribution >= 0.6 is 23.4 Å². The van der Waals surface area contributed by atoms with E-state index in [1.807, 2.05) is 48.1 Å². The molecule has 5 rings (SSSR count). The van der Waals surface area contributed by atoms with Gasteiger partial charge in [0.15, 0.2) is 11.0 Å². The van der Waals surface area contributed by atoms with Crippen LogP contribution in [0.25, 0.3) is 16.9 Å². The van der Waals surface area contributed by atoms with Crippen molar-refractivity contribution in [2.75, 3.05) is 25.3 Å². The van der Waals surface area contributed by atoms with Gasteiger partial charge in [0.2, 0.25) is 11.6 Å². The number of benzene rings is 2. The highest BCUT2D eigenvalue weighted by Gasteiger charge is 2.16. The second-order valence-electron chi connectivity index (χ2n) is 7.49. The molecular weight excluding hydrogens is 488 g/mol. The first-order valence-electron chi connectivity index (χ1n) is 10.4. The molecule has 0 aliphatic rings. The quantitative estimate of drug-likeness (QED) is 0.323. The van der Waals surface area contributed by atoms with Crippen LogP contribution in [0.4, 0.5) is 17.5 Å². The third-order valence-corrected chi connectivity index (χ3v) is 6.78. The maximum atomic E-state index is 6.62. The van der Waals surface area contributed by atoms with Gasteiger partial charge in [-0.15, -0.1) is 5.10 Å². The molecule has 0 fully saturated rings. The van der Waals surface area contributed by atoms with Gasteiger partial charge in [0.1, 0.15) is 11.5 Å². The van der Waals surface area contributed by atoms with Gasteiger partial charge < -0.3 is 25.1 Å². The predicted octanol–water partition coefficient (Wildman–Crippen LogP) is 4.67. The molecule has 0 amide bonds. The lowest BCUT2D eigenvalue weighted by Gasteiger charge is -2.09. The van der Waals surface area contributed by atoms with E-state index in [1.165, 1.54) is 11.8 Å². The van der Waals surface area contributed by atoms with Crippen molar-refractivity contribution in [1.29, 1.82) is 0 Å². The van der Waals surface area contributed by atoms with Crippen LogP contribution in [-0.2, 0) is 7.05 Å². The standard InChI is InChI=1S/C23H21ClN8O2S/c1-31-7-6-26-23(31)35-19-5-4-13(8-17(19)24)18-12-27-20(25)21-29-22(30-32(18)21)28-14-9-15(33-2)11-16(10-14)34-3/h4-12H,1-3H3,(H2,25,27)(H,28,30). The van der Waals surface area contributed by atoms with Crippen LogP contribution in [0.15, 0.2) is 65.0 Å². The van der Waals surface area contributed by atoms with Crippen molar-refractivity contribution >= 4 is 46.5 Å². The molecule has 0 aliphatic carbocycles. The van der Waals surface area contributed by atoms with Crippen LogP contribution < -0.4 is 20.5 Å². The molecular formula is C23H21ClN8O2S. The highest BCUT2D eigenvalue weighted by Crippen LogP contribution is 2.35. The molecule has 0 unspecified atom stereocenters. The third-order valence-electron chi connectivity index (χ3n) is 5.20. The first kappa shape index (κ1) is 22.8. The number of ether oxygens (including phenoxy) is 2.